The van der Waals surface area contributed by atoms with Gasteiger partial charge in [0.1, 0.15) is 5.60 Å². The lowest BCUT2D eigenvalue weighted by Crippen LogP contribution is -2.48. The summed E-state index contributed by atoms with van der Waals surface area (Å²) in [6, 6.07) is 8.17. The first kappa shape index (κ1) is 16.3. The molecule has 0 saturated carbocycles. The summed E-state index contributed by atoms with van der Waals surface area (Å²) in [6.07, 6.45) is 0.561. The van der Waals surface area contributed by atoms with Crippen LogP contribution >= 0.6 is 15.9 Å². The molecule has 1 aromatic rings. The molecular formula is C16H22BrNO3. The van der Waals surface area contributed by atoms with Crippen LogP contribution in [0.1, 0.15) is 26.3 Å². The van der Waals surface area contributed by atoms with Crippen LogP contribution in [0.2, 0.25) is 0 Å². The monoisotopic (exact) mass is 355 g/mol. The smallest absolute Gasteiger partial charge is 0.410 e. The van der Waals surface area contributed by atoms with E-state index in [-0.39, 0.29) is 12.2 Å². The van der Waals surface area contributed by atoms with Gasteiger partial charge in [0.15, 0.2) is 0 Å². The second-order valence-corrected chi connectivity index (χ2v) is 7.17. The van der Waals surface area contributed by atoms with Crippen molar-refractivity contribution in [2.45, 2.75) is 38.9 Å². The fraction of sp³-hybridized carbons (Fsp3) is 0.562. The van der Waals surface area contributed by atoms with E-state index in [0.29, 0.717) is 19.7 Å². The zero-order valence-corrected chi connectivity index (χ0v) is 14.4. The Hall–Kier alpha value is -1.07. The van der Waals surface area contributed by atoms with Crippen molar-refractivity contribution in [1.82, 2.24) is 4.90 Å². The van der Waals surface area contributed by atoms with E-state index < -0.39 is 5.60 Å². The minimum Gasteiger partial charge on any atom is -0.444 e. The van der Waals surface area contributed by atoms with Crippen molar-refractivity contribution in [3.05, 3.63) is 34.3 Å². The van der Waals surface area contributed by atoms with Crippen LogP contribution in [0.5, 0.6) is 0 Å². The van der Waals surface area contributed by atoms with E-state index >= 15 is 0 Å². The molecule has 21 heavy (non-hydrogen) atoms. The van der Waals surface area contributed by atoms with E-state index in [4.69, 9.17) is 9.47 Å². The summed E-state index contributed by atoms with van der Waals surface area (Å²) in [5, 5.41) is 0. The maximum atomic E-state index is 12.1. The molecular weight excluding hydrogens is 334 g/mol. The van der Waals surface area contributed by atoms with Crippen LogP contribution < -0.4 is 0 Å². The summed E-state index contributed by atoms with van der Waals surface area (Å²) in [5.41, 5.74) is 0.741. The van der Waals surface area contributed by atoms with Crippen molar-refractivity contribution < 1.29 is 14.3 Å². The average molecular weight is 356 g/mol. The number of morpholine rings is 1. The number of carbonyl (C=O) groups excluding carboxylic acids is 1. The maximum absolute atomic E-state index is 12.1. The highest BCUT2D eigenvalue weighted by molar-refractivity contribution is 9.10. The molecule has 116 valence electrons. The SMILES string of the molecule is CC(C)(C)OC(=O)N1CCOC(Cc2ccc(Br)cc2)C1. The quantitative estimate of drug-likeness (QED) is 0.812. The van der Waals surface area contributed by atoms with Gasteiger partial charge in [-0.15, -0.1) is 0 Å². The summed E-state index contributed by atoms with van der Waals surface area (Å²) < 4.78 is 12.2. The molecule has 0 spiro atoms. The standard InChI is InChI=1S/C16H22BrNO3/c1-16(2,3)21-15(19)18-8-9-20-14(11-18)10-12-4-6-13(17)7-5-12/h4-7,14H,8-11H2,1-3H3. The molecule has 0 bridgehead atoms. The van der Waals surface area contributed by atoms with Crippen LogP contribution in [0, 0.1) is 0 Å². The first-order chi connectivity index (χ1) is 9.83. The van der Waals surface area contributed by atoms with Gasteiger partial charge < -0.3 is 14.4 Å². The molecule has 1 aromatic carbocycles. The van der Waals surface area contributed by atoms with Crippen LogP contribution in [-0.4, -0.2) is 42.4 Å². The Labute approximate surface area is 134 Å². The fourth-order valence-corrected chi connectivity index (χ4v) is 2.48. The van der Waals surface area contributed by atoms with Crippen molar-refractivity contribution in [3.63, 3.8) is 0 Å². The number of benzene rings is 1. The van der Waals surface area contributed by atoms with Gasteiger partial charge in [0, 0.05) is 17.4 Å². The second kappa shape index (κ2) is 6.79. The van der Waals surface area contributed by atoms with Gasteiger partial charge in [-0.1, -0.05) is 28.1 Å². The summed E-state index contributed by atoms with van der Waals surface area (Å²) >= 11 is 3.43. The second-order valence-electron chi connectivity index (χ2n) is 6.25. The van der Waals surface area contributed by atoms with Gasteiger partial charge in [0.25, 0.3) is 0 Å². The predicted molar refractivity (Wildman–Crippen MR) is 85.4 cm³/mol. The number of ether oxygens (including phenoxy) is 2. The third-order valence-electron chi connectivity index (χ3n) is 3.17. The number of nitrogens with zero attached hydrogens (tertiary/aromatic N) is 1. The van der Waals surface area contributed by atoms with E-state index in [1.54, 1.807) is 4.90 Å². The average Bonchev–Trinajstić information content (AvgIpc) is 2.40. The summed E-state index contributed by atoms with van der Waals surface area (Å²) in [4.78, 5) is 13.8. The molecule has 1 atom stereocenters. The van der Waals surface area contributed by atoms with Crippen LogP contribution in [0.25, 0.3) is 0 Å². The third-order valence-corrected chi connectivity index (χ3v) is 3.70. The van der Waals surface area contributed by atoms with Gasteiger partial charge in [-0.2, -0.15) is 0 Å². The van der Waals surface area contributed by atoms with Crippen molar-refractivity contribution in [3.8, 4) is 0 Å². The Morgan fingerprint density at radius 2 is 2.05 bits per heavy atom. The lowest BCUT2D eigenvalue weighted by molar-refractivity contribution is -0.0415. The zero-order valence-electron chi connectivity index (χ0n) is 12.8. The molecule has 0 aliphatic carbocycles. The number of amides is 1. The molecule has 1 aliphatic heterocycles. The summed E-state index contributed by atoms with van der Waals surface area (Å²) in [5.74, 6) is 0. The summed E-state index contributed by atoms with van der Waals surface area (Å²) in [6.45, 7) is 7.36. The Morgan fingerprint density at radius 3 is 2.67 bits per heavy atom. The molecule has 2 rings (SSSR count). The topological polar surface area (TPSA) is 38.8 Å². The van der Waals surface area contributed by atoms with E-state index in [2.05, 4.69) is 28.1 Å². The van der Waals surface area contributed by atoms with Gasteiger partial charge in [0.2, 0.25) is 0 Å². The highest BCUT2D eigenvalue weighted by Crippen LogP contribution is 2.17. The lowest BCUT2D eigenvalue weighted by Gasteiger charge is -2.34. The van der Waals surface area contributed by atoms with Gasteiger partial charge in [-0.3, -0.25) is 0 Å². The molecule has 0 aromatic heterocycles. The first-order valence-corrected chi connectivity index (χ1v) is 7.97. The zero-order chi connectivity index (χ0) is 15.5. The van der Waals surface area contributed by atoms with Crippen molar-refractivity contribution in [1.29, 1.82) is 0 Å². The highest BCUT2D eigenvalue weighted by atomic mass is 79.9. The Morgan fingerprint density at radius 1 is 1.38 bits per heavy atom. The van der Waals surface area contributed by atoms with E-state index in [0.717, 1.165) is 10.9 Å². The Bertz CT molecular complexity index is 481. The largest absolute Gasteiger partial charge is 0.444 e. The summed E-state index contributed by atoms with van der Waals surface area (Å²) in [7, 11) is 0. The van der Waals surface area contributed by atoms with E-state index in [9.17, 15) is 4.79 Å². The molecule has 4 nitrogen and oxygen atoms in total. The number of hydrogen-bond donors (Lipinski definition) is 0. The van der Waals surface area contributed by atoms with Gasteiger partial charge >= 0.3 is 6.09 Å². The van der Waals surface area contributed by atoms with Crippen molar-refractivity contribution in [2.24, 2.45) is 0 Å². The van der Waals surface area contributed by atoms with Crippen molar-refractivity contribution >= 4 is 22.0 Å². The molecule has 0 N–H and O–H groups in total. The Balaban J connectivity index is 1.91. The number of hydrogen-bond acceptors (Lipinski definition) is 3. The van der Waals surface area contributed by atoms with E-state index in [1.165, 1.54) is 5.56 Å². The Kier molecular flexibility index (Phi) is 5.27. The minimum absolute atomic E-state index is 0.0208. The van der Waals surface area contributed by atoms with Crippen LogP contribution in [0.15, 0.2) is 28.7 Å². The molecule has 1 aliphatic rings. The van der Waals surface area contributed by atoms with Gasteiger partial charge in [-0.05, 0) is 38.5 Å². The van der Waals surface area contributed by atoms with Gasteiger partial charge in [-0.25, -0.2) is 4.79 Å². The third kappa shape index (κ3) is 5.32. The molecule has 1 unspecified atom stereocenters. The molecule has 1 amide bonds. The molecule has 5 heteroatoms. The predicted octanol–water partition coefficient (Wildman–Crippen LogP) is 3.63. The molecule has 1 fully saturated rings. The minimum atomic E-state index is -0.462. The van der Waals surface area contributed by atoms with Crippen molar-refractivity contribution in [2.75, 3.05) is 19.7 Å². The lowest BCUT2D eigenvalue weighted by atomic mass is 10.1. The van der Waals surface area contributed by atoms with Crippen LogP contribution in [0.3, 0.4) is 0 Å². The first-order valence-electron chi connectivity index (χ1n) is 7.17. The van der Waals surface area contributed by atoms with Gasteiger partial charge in [0.05, 0.1) is 19.3 Å². The number of carbonyl (C=O) groups is 1. The van der Waals surface area contributed by atoms with Crippen LogP contribution in [0.4, 0.5) is 4.79 Å². The molecule has 1 saturated heterocycles. The maximum Gasteiger partial charge on any atom is 0.410 e. The number of rotatable bonds is 2. The van der Waals surface area contributed by atoms with Crippen LogP contribution in [-0.2, 0) is 15.9 Å². The highest BCUT2D eigenvalue weighted by Gasteiger charge is 2.28. The number of halogens is 1. The van der Waals surface area contributed by atoms with E-state index in [1.807, 2.05) is 32.9 Å². The normalized spacial score (nSPS) is 19.4. The molecule has 1 heterocycles. The molecule has 0 radical (unpaired) electrons. The fourth-order valence-electron chi connectivity index (χ4n) is 2.22.